The number of carbonyl (C=O) groups is 1. The number of nitrogens with zero attached hydrogens (tertiary/aromatic N) is 2. The molecule has 1 amide bonds. The van der Waals surface area contributed by atoms with E-state index >= 15 is 0 Å². The molecule has 2 N–H and O–H groups in total. The lowest BCUT2D eigenvalue weighted by molar-refractivity contribution is -0.123. The number of benzene rings is 1. The van der Waals surface area contributed by atoms with Gasteiger partial charge in [0.15, 0.2) is 0 Å². The third kappa shape index (κ3) is 2.85. The van der Waals surface area contributed by atoms with Crippen molar-refractivity contribution in [3.05, 3.63) is 29.8 Å². The van der Waals surface area contributed by atoms with Gasteiger partial charge < -0.3 is 15.3 Å². The predicted molar refractivity (Wildman–Crippen MR) is 71.6 cm³/mol. The molecule has 0 saturated carbocycles. The van der Waals surface area contributed by atoms with Crippen molar-refractivity contribution in [1.29, 1.82) is 5.26 Å². The fraction of sp³-hybridized carbons (Fsp3) is 0.429. The highest BCUT2D eigenvalue weighted by molar-refractivity contribution is 5.86. The first-order chi connectivity index (χ1) is 9.15. The van der Waals surface area contributed by atoms with Gasteiger partial charge in [0.25, 0.3) is 0 Å². The van der Waals surface area contributed by atoms with Crippen LogP contribution in [0.2, 0.25) is 0 Å². The van der Waals surface area contributed by atoms with Crippen molar-refractivity contribution in [1.82, 2.24) is 5.32 Å². The minimum absolute atomic E-state index is 0.102. The maximum atomic E-state index is 12.0. The van der Waals surface area contributed by atoms with Gasteiger partial charge in [-0.2, -0.15) is 5.26 Å². The van der Waals surface area contributed by atoms with Crippen LogP contribution in [-0.4, -0.2) is 36.2 Å². The molecule has 1 aliphatic heterocycles. The maximum absolute atomic E-state index is 12.0. The van der Waals surface area contributed by atoms with Crippen molar-refractivity contribution in [3.63, 3.8) is 0 Å². The predicted octanol–water partition coefficient (Wildman–Crippen LogP) is 0.634. The van der Waals surface area contributed by atoms with Crippen LogP contribution in [0, 0.1) is 11.3 Å². The Morgan fingerprint density at radius 2 is 2.16 bits per heavy atom. The van der Waals surface area contributed by atoms with Gasteiger partial charge in [-0.25, -0.2) is 0 Å². The number of nitrogens with one attached hydrogen (secondary N) is 1. The summed E-state index contributed by atoms with van der Waals surface area (Å²) in [5.41, 5.74) is 1.43. The number of nitriles is 1. The van der Waals surface area contributed by atoms with Gasteiger partial charge in [-0.1, -0.05) is 0 Å². The number of amides is 1. The molecule has 0 bridgehead atoms. The molecule has 2 rings (SSSR count). The molecular formula is C14H17N3O2. The molecule has 1 aromatic rings. The van der Waals surface area contributed by atoms with Crippen molar-refractivity contribution in [3.8, 4) is 6.07 Å². The molecule has 2 atom stereocenters. The van der Waals surface area contributed by atoms with Gasteiger partial charge in [-0.3, -0.25) is 4.79 Å². The summed E-state index contributed by atoms with van der Waals surface area (Å²) < 4.78 is 0. The minimum Gasteiger partial charge on any atom is -0.394 e. The summed E-state index contributed by atoms with van der Waals surface area (Å²) in [5, 5.41) is 21.1. The van der Waals surface area contributed by atoms with Gasteiger partial charge in [0.05, 0.1) is 18.2 Å². The molecule has 1 fully saturated rings. The Balaban J connectivity index is 2.28. The number of hydrogen-bond acceptors (Lipinski definition) is 4. The van der Waals surface area contributed by atoms with E-state index in [-0.39, 0.29) is 18.6 Å². The molecule has 0 aromatic heterocycles. The summed E-state index contributed by atoms with van der Waals surface area (Å²) in [7, 11) is 0. The average Bonchev–Trinajstić information content (AvgIpc) is 2.57. The molecular weight excluding hydrogens is 242 g/mol. The topological polar surface area (TPSA) is 76.4 Å². The summed E-state index contributed by atoms with van der Waals surface area (Å²) in [6.07, 6.45) is 0.822. The first kappa shape index (κ1) is 13.4. The lowest BCUT2D eigenvalue weighted by Gasteiger charge is -2.29. The number of anilines is 1. The third-order valence-corrected chi connectivity index (χ3v) is 3.37. The van der Waals surface area contributed by atoms with E-state index in [2.05, 4.69) is 11.4 Å². The molecule has 1 aliphatic rings. The molecule has 1 heterocycles. The third-order valence-electron chi connectivity index (χ3n) is 3.37. The Kier molecular flexibility index (Phi) is 4.03. The van der Waals surface area contributed by atoms with Gasteiger partial charge >= 0.3 is 0 Å². The minimum atomic E-state index is -0.571. The first-order valence-electron chi connectivity index (χ1n) is 6.33. The monoisotopic (exact) mass is 259 g/mol. The largest absolute Gasteiger partial charge is 0.394 e. The molecule has 0 spiro atoms. The maximum Gasteiger partial charge on any atom is 0.245 e. The summed E-state index contributed by atoms with van der Waals surface area (Å²) in [6, 6.07) is 8.65. The van der Waals surface area contributed by atoms with Crippen LogP contribution in [0.5, 0.6) is 0 Å². The van der Waals surface area contributed by atoms with Crippen molar-refractivity contribution >= 4 is 11.6 Å². The zero-order valence-electron chi connectivity index (χ0n) is 10.8. The van der Waals surface area contributed by atoms with E-state index in [9.17, 15) is 9.90 Å². The molecule has 19 heavy (non-hydrogen) atoms. The fourth-order valence-corrected chi connectivity index (χ4v) is 2.26. The zero-order valence-corrected chi connectivity index (χ0v) is 10.8. The van der Waals surface area contributed by atoms with Gasteiger partial charge in [0, 0.05) is 18.3 Å². The van der Waals surface area contributed by atoms with E-state index in [1.54, 1.807) is 12.1 Å². The quantitative estimate of drug-likeness (QED) is 0.817. The van der Waals surface area contributed by atoms with E-state index < -0.39 is 6.04 Å². The standard InChI is InChI=1S/C14H17N3O2/c1-10-6-7-17(13(9-18)14(19)16-10)12-4-2-11(8-15)3-5-12/h2-5,10,13,18H,6-7,9H2,1H3,(H,16,19). The van der Waals surface area contributed by atoms with Crippen LogP contribution in [-0.2, 0) is 4.79 Å². The van der Waals surface area contributed by atoms with E-state index in [0.29, 0.717) is 12.1 Å². The lowest BCUT2D eigenvalue weighted by atomic mass is 10.1. The van der Waals surface area contributed by atoms with Crippen molar-refractivity contribution < 1.29 is 9.90 Å². The van der Waals surface area contributed by atoms with Crippen LogP contribution < -0.4 is 10.2 Å². The smallest absolute Gasteiger partial charge is 0.245 e. The Morgan fingerprint density at radius 3 is 2.74 bits per heavy atom. The summed E-state index contributed by atoms with van der Waals surface area (Å²) in [4.78, 5) is 13.9. The zero-order chi connectivity index (χ0) is 13.8. The van der Waals surface area contributed by atoms with Gasteiger partial charge in [0.1, 0.15) is 6.04 Å². The number of hydrogen-bond donors (Lipinski definition) is 2. The van der Waals surface area contributed by atoms with Crippen molar-refractivity contribution in [2.45, 2.75) is 25.4 Å². The van der Waals surface area contributed by atoms with Gasteiger partial charge in [0.2, 0.25) is 5.91 Å². The van der Waals surface area contributed by atoms with Crippen molar-refractivity contribution in [2.24, 2.45) is 0 Å². The number of rotatable bonds is 2. The second kappa shape index (κ2) is 5.72. The lowest BCUT2D eigenvalue weighted by Crippen LogP contribution is -2.47. The normalized spacial score (nSPS) is 23.4. The van der Waals surface area contributed by atoms with E-state index in [4.69, 9.17) is 5.26 Å². The number of aliphatic hydroxyl groups is 1. The molecule has 100 valence electrons. The molecule has 1 saturated heterocycles. The molecule has 5 nitrogen and oxygen atoms in total. The van der Waals surface area contributed by atoms with Crippen LogP contribution in [0.3, 0.4) is 0 Å². The van der Waals surface area contributed by atoms with E-state index in [1.807, 2.05) is 24.0 Å². The Hall–Kier alpha value is -2.06. The van der Waals surface area contributed by atoms with E-state index in [0.717, 1.165) is 12.1 Å². The molecule has 5 heteroatoms. The molecule has 1 aromatic carbocycles. The first-order valence-corrected chi connectivity index (χ1v) is 6.33. The van der Waals surface area contributed by atoms with Crippen LogP contribution >= 0.6 is 0 Å². The van der Waals surface area contributed by atoms with E-state index in [1.165, 1.54) is 0 Å². The van der Waals surface area contributed by atoms with Crippen LogP contribution in [0.1, 0.15) is 18.9 Å². The van der Waals surface area contributed by atoms with Gasteiger partial charge in [-0.05, 0) is 37.6 Å². The SMILES string of the molecule is CC1CCN(c2ccc(C#N)cc2)C(CO)C(=O)N1. The van der Waals surface area contributed by atoms with Crippen molar-refractivity contribution in [2.75, 3.05) is 18.1 Å². The molecule has 0 radical (unpaired) electrons. The van der Waals surface area contributed by atoms with Crippen LogP contribution in [0.4, 0.5) is 5.69 Å². The Labute approximate surface area is 112 Å². The summed E-state index contributed by atoms with van der Waals surface area (Å²) >= 11 is 0. The number of carbonyl (C=O) groups excluding carboxylic acids is 1. The van der Waals surface area contributed by atoms with Gasteiger partial charge in [-0.15, -0.1) is 0 Å². The summed E-state index contributed by atoms with van der Waals surface area (Å²) in [6.45, 7) is 2.42. The second-order valence-corrected chi connectivity index (χ2v) is 4.75. The van der Waals surface area contributed by atoms with Crippen LogP contribution in [0.15, 0.2) is 24.3 Å². The average molecular weight is 259 g/mol. The van der Waals surface area contributed by atoms with Crippen LogP contribution in [0.25, 0.3) is 0 Å². The molecule has 0 aliphatic carbocycles. The Bertz CT molecular complexity index is 492. The highest BCUT2D eigenvalue weighted by Crippen LogP contribution is 2.20. The number of aliphatic hydroxyl groups excluding tert-OH is 1. The fourth-order valence-electron chi connectivity index (χ4n) is 2.26. The highest BCUT2D eigenvalue weighted by atomic mass is 16.3. The summed E-state index contributed by atoms with van der Waals surface area (Å²) in [5.74, 6) is -0.156. The highest BCUT2D eigenvalue weighted by Gasteiger charge is 2.29. The Morgan fingerprint density at radius 1 is 1.47 bits per heavy atom. The molecule has 2 unspecified atom stereocenters. The second-order valence-electron chi connectivity index (χ2n) is 4.75.